The summed E-state index contributed by atoms with van der Waals surface area (Å²) in [4.78, 5) is 3.82. The molecule has 1 heterocycles. The fraction of sp³-hybridized carbons (Fsp3) is 0.0667. The predicted octanol–water partition coefficient (Wildman–Crippen LogP) is 3.61. The van der Waals surface area contributed by atoms with E-state index in [1.807, 2.05) is 0 Å². The summed E-state index contributed by atoms with van der Waals surface area (Å²) in [5.74, 6) is 0.170. The molecular formula is C15H10ClFN2O4S. The molecule has 9 heteroatoms. The van der Waals surface area contributed by atoms with Gasteiger partial charge in [0.25, 0.3) is 0 Å². The van der Waals surface area contributed by atoms with Crippen molar-refractivity contribution in [1.82, 2.24) is 10.1 Å². The Balaban J connectivity index is 1.83. The second-order valence-electron chi connectivity index (χ2n) is 4.77. The molecule has 0 aliphatic rings. The number of hydrogen-bond acceptors (Lipinski definition) is 6. The summed E-state index contributed by atoms with van der Waals surface area (Å²) in [7, 11) is -4.13. The Morgan fingerprint density at radius 1 is 1.17 bits per heavy atom. The summed E-state index contributed by atoms with van der Waals surface area (Å²) in [6.45, 7) is 1.66. The molecule has 3 rings (SSSR count). The fourth-order valence-electron chi connectivity index (χ4n) is 1.88. The van der Waals surface area contributed by atoms with Crippen LogP contribution in [0.3, 0.4) is 0 Å². The normalized spacial score (nSPS) is 11.5. The Morgan fingerprint density at radius 2 is 1.88 bits per heavy atom. The number of halogens is 2. The molecule has 0 saturated carbocycles. The van der Waals surface area contributed by atoms with Gasteiger partial charge in [-0.05, 0) is 42.5 Å². The van der Waals surface area contributed by atoms with Crippen LogP contribution in [-0.2, 0) is 10.1 Å². The predicted molar refractivity (Wildman–Crippen MR) is 83.7 cm³/mol. The maximum Gasteiger partial charge on any atom is 0.339 e. The highest BCUT2D eigenvalue weighted by Gasteiger charge is 2.18. The molecule has 0 saturated heterocycles. The van der Waals surface area contributed by atoms with E-state index in [9.17, 15) is 12.8 Å². The van der Waals surface area contributed by atoms with E-state index in [0.717, 1.165) is 18.2 Å². The Labute approximate surface area is 142 Å². The summed E-state index contributed by atoms with van der Waals surface area (Å²) < 4.78 is 47.4. The van der Waals surface area contributed by atoms with Crippen LogP contribution in [0.15, 0.2) is 51.9 Å². The first-order valence-corrected chi connectivity index (χ1v) is 8.44. The molecule has 0 N–H and O–H groups in total. The third-order valence-corrected chi connectivity index (χ3v) is 4.56. The topological polar surface area (TPSA) is 82.3 Å². The average molecular weight is 369 g/mol. The molecule has 24 heavy (non-hydrogen) atoms. The molecule has 0 aliphatic carbocycles. The van der Waals surface area contributed by atoms with Crippen molar-refractivity contribution < 1.29 is 21.5 Å². The van der Waals surface area contributed by atoms with Gasteiger partial charge < -0.3 is 8.71 Å². The van der Waals surface area contributed by atoms with Gasteiger partial charge in [-0.3, -0.25) is 0 Å². The number of benzene rings is 2. The van der Waals surface area contributed by atoms with Crippen molar-refractivity contribution in [2.45, 2.75) is 11.8 Å². The zero-order valence-electron chi connectivity index (χ0n) is 12.2. The molecule has 2 aromatic carbocycles. The molecule has 0 radical (unpaired) electrons. The van der Waals surface area contributed by atoms with Crippen molar-refractivity contribution in [1.29, 1.82) is 0 Å². The molecule has 124 valence electrons. The van der Waals surface area contributed by atoms with Gasteiger partial charge in [0.15, 0.2) is 0 Å². The smallest absolute Gasteiger partial charge is 0.339 e. The molecule has 0 spiro atoms. The number of nitrogens with zero attached hydrogens (tertiary/aromatic N) is 2. The highest BCUT2D eigenvalue weighted by atomic mass is 35.5. The highest BCUT2D eigenvalue weighted by molar-refractivity contribution is 7.87. The largest absolute Gasteiger partial charge is 0.379 e. The Kier molecular flexibility index (Phi) is 4.25. The van der Waals surface area contributed by atoms with E-state index in [4.69, 9.17) is 20.3 Å². The lowest BCUT2D eigenvalue weighted by molar-refractivity contribution is 0.394. The monoisotopic (exact) mass is 368 g/mol. The van der Waals surface area contributed by atoms with E-state index >= 15 is 0 Å². The number of aryl methyl sites for hydroxylation is 1. The minimum absolute atomic E-state index is 0.0828. The number of aromatic nitrogens is 2. The van der Waals surface area contributed by atoms with Crippen LogP contribution in [0.4, 0.5) is 4.39 Å². The van der Waals surface area contributed by atoms with Crippen LogP contribution >= 0.6 is 11.6 Å². The molecule has 6 nitrogen and oxygen atoms in total. The summed E-state index contributed by atoms with van der Waals surface area (Å²) >= 11 is 5.60. The highest BCUT2D eigenvalue weighted by Crippen LogP contribution is 2.25. The molecule has 0 atom stereocenters. The van der Waals surface area contributed by atoms with E-state index in [-0.39, 0.29) is 15.7 Å². The quantitative estimate of drug-likeness (QED) is 0.654. The van der Waals surface area contributed by atoms with Gasteiger partial charge in [0.1, 0.15) is 16.5 Å². The minimum Gasteiger partial charge on any atom is -0.379 e. The third-order valence-electron chi connectivity index (χ3n) is 3.03. The standard InChI is InChI=1S/C15H10ClFN2O4S/c1-9-18-15(19-22-9)10-2-4-11(5-3-10)23-24(20,21)12-6-7-14(17)13(16)8-12/h2-8H,1H3. The lowest BCUT2D eigenvalue weighted by Gasteiger charge is -2.07. The average Bonchev–Trinajstić information content (AvgIpc) is 2.97. The van der Waals surface area contributed by atoms with Gasteiger partial charge in [0.2, 0.25) is 11.7 Å². The van der Waals surface area contributed by atoms with Gasteiger partial charge in [-0.15, -0.1) is 0 Å². The maximum absolute atomic E-state index is 13.1. The first-order valence-electron chi connectivity index (χ1n) is 6.65. The maximum atomic E-state index is 13.1. The van der Waals surface area contributed by atoms with E-state index in [0.29, 0.717) is 17.3 Å². The first kappa shape index (κ1) is 16.4. The van der Waals surface area contributed by atoms with Crippen molar-refractivity contribution in [3.05, 3.63) is 59.2 Å². The van der Waals surface area contributed by atoms with Gasteiger partial charge >= 0.3 is 10.1 Å². The van der Waals surface area contributed by atoms with Gasteiger partial charge in [0, 0.05) is 12.5 Å². The fourth-order valence-corrected chi connectivity index (χ4v) is 3.09. The van der Waals surface area contributed by atoms with Gasteiger partial charge in [-0.2, -0.15) is 13.4 Å². The Hall–Kier alpha value is -2.45. The number of hydrogen-bond donors (Lipinski definition) is 0. The molecular weight excluding hydrogens is 359 g/mol. The summed E-state index contributed by atoms with van der Waals surface area (Å²) in [6, 6.07) is 9.10. The van der Waals surface area contributed by atoms with Gasteiger partial charge in [0.05, 0.1) is 5.02 Å². The first-order chi connectivity index (χ1) is 11.3. The van der Waals surface area contributed by atoms with Crippen molar-refractivity contribution in [2.24, 2.45) is 0 Å². The molecule has 0 bridgehead atoms. The van der Waals surface area contributed by atoms with Crippen LogP contribution in [-0.4, -0.2) is 18.6 Å². The summed E-state index contributed by atoms with van der Waals surface area (Å²) in [6.07, 6.45) is 0. The van der Waals surface area contributed by atoms with Crippen LogP contribution in [0.1, 0.15) is 5.89 Å². The third kappa shape index (κ3) is 3.39. The van der Waals surface area contributed by atoms with Crippen molar-refractivity contribution >= 4 is 21.7 Å². The molecule has 1 aromatic heterocycles. The zero-order valence-corrected chi connectivity index (χ0v) is 13.8. The number of rotatable bonds is 4. The van der Waals surface area contributed by atoms with Crippen LogP contribution in [0, 0.1) is 12.7 Å². The molecule has 0 unspecified atom stereocenters. The van der Waals surface area contributed by atoms with Crippen LogP contribution < -0.4 is 4.18 Å². The second-order valence-corrected chi connectivity index (χ2v) is 6.73. The van der Waals surface area contributed by atoms with Crippen molar-refractivity contribution in [3.63, 3.8) is 0 Å². The van der Waals surface area contributed by atoms with Crippen LogP contribution in [0.25, 0.3) is 11.4 Å². The molecule has 0 aliphatic heterocycles. The van der Waals surface area contributed by atoms with E-state index < -0.39 is 15.9 Å². The molecule has 0 fully saturated rings. The van der Waals surface area contributed by atoms with Crippen LogP contribution in [0.5, 0.6) is 5.75 Å². The Bertz CT molecular complexity index is 987. The lowest BCUT2D eigenvalue weighted by atomic mass is 10.2. The molecule has 3 aromatic rings. The van der Waals surface area contributed by atoms with Gasteiger partial charge in [-0.1, -0.05) is 16.8 Å². The summed E-state index contributed by atoms with van der Waals surface area (Å²) in [5.41, 5.74) is 0.640. The zero-order chi connectivity index (χ0) is 17.3. The van der Waals surface area contributed by atoms with E-state index in [1.54, 1.807) is 19.1 Å². The SMILES string of the molecule is Cc1nc(-c2ccc(OS(=O)(=O)c3ccc(F)c(Cl)c3)cc2)no1. The lowest BCUT2D eigenvalue weighted by Crippen LogP contribution is -2.09. The van der Waals surface area contributed by atoms with E-state index in [1.165, 1.54) is 12.1 Å². The van der Waals surface area contributed by atoms with Crippen LogP contribution in [0.2, 0.25) is 5.02 Å². The van der Waals surface area contributed by atoms with Gasteiger partial charge in [-0.25, -0.2) is 4.39 Å². The minimum atomic E-state index is -4.13. The molecule has 0 amide bonds. The second kappa shape index (κ2) is 6.21. The summed E-state index contributed by atoms with van der Waals surface area (Å²) in [5, 5.41) is 3.46. The van der Waals surface area contributed by atoms with Crippen molar-refractivity contribution in [3.8, 4) is 17.1 Å². The van der Waals surface area contributed by atoms with E-state index in [2.05, 4.69) is 10.1 Å². The van der Waals surface area contributed by atoms with Crippen molar-refractivity contribution in [2.75, 3.05) is 0 Å². The Morgan fingerprint density at radius 3 is 2.46 bits per heavy atom.